The summed E-state index contributed by atoms with van der Waals surface area (Å²) in [5.74, 6) is -0.727. The first-order chi connectivity index (χ1) is 9.42. The number of nitrogens with zero attached hydrogens (tertiary/aromatic N) is 1. The smallest absolute Gasteiger partial charge is 0.240 e. The van der Waals surface area contributed by atoms with Crippen molar-refractivity contribution in [2.75, 3.05) is 0 Å². The van der Waals surface area contributed by atoms with Crippen LogP contribution >= 0.6 is 12.4 Å². The van der Waals surface area contributed by atoms with E-state index in [1.165, 1.54) is 0 Å². The Morgan fingerprint density at radius 2 is 1.90 bits per heavy atom. The maximum absolute atomic E-state index is 13.2. The number of nitrogens with one attached hydrogen (secondary N) is 1. The Bertz CT molecular complexity index is 637. The second-order valence-corrected chi connectivity index (χ2v) is 6.70. The molecule has 0 radical (unpaired) electrons. The molecule has 1 fully saturated rings. The number of halogens is 2. The first kappa shape index (κ1) is 17.9. The van der Waals surface area contributed by atoms with Gasteiger partial charge in [0.2, 0.25) is 10.0 Å². The Hall–Kier alpha value is -1.20. The van der Waals surface area contributed by atoms with Crippen molar-refractivity contribution in [3.63, 3.8) is 0 Å². The van der Waals surface area contributed by atoms with E-state index in [2.05, 4.69) is 4.72 Å². The molecule has 0 spiro atoms. The van der Waals surface area contributed by atoms with Gasteiger partial charge in [0.1, 0.15) is 11.9 Å². The maximum Gasteiger partial charge on any atom is 0.240 e. The fraction of sp³-hybridized carbons (Fsp3) is 0.462. The minimum atomic E-state index is -3.74. The SMILES string of the molecule is Cl.N#Cc1cc(S(=O)(=O)NC2CCC(N)CC2)ccc1F. The summed E-state index contributed by atoms with van der Waals surface area (Å²) in [6.07, 6.45) is 2.93. The van der Waals surface area contributed by atoms with Gasteiger partial charge in [-0.25, -0.2) is 17.5 Å². The highest BCUT2D eigenvalue weighted by atomic mass is 35.5. The van der Waals surface area contributed by atoms with Crippen LogP contribution in [0.25, 0.3) is 0 Å². The zero-order valence-corrected chi connectivity index (χ0v) is 12.9. The minimum Gasteiger partial charge on any atom is -0.328 e. The van der Waals surface area contributed by atoms with Gasteiger partial charge in [-0.3, -0.25) is 0 Å². The van der Waals surface area contributed by atoms with Crippen LogP contribution in [-0.4, -0.2) is 20.5 Å². The van der Waals surface area contributed by atoms with Gasteiger partial charge in [0, 0.05) is 12.1 Å². The number of sulfonamides is 1. The summed E-state index contributed by atoms with van der Waals surface area (Å²) in [5.41, 5.74) is 5.49. The van der Waals surface area contributed by atoms with Crippen molar-refractivity contribution in [2.24, 2.45) is 5.73 Å². The lowest BCUT2D eigenvalue weighted by molar-refractivity contribution is 0.373. The van der Waals surface area contributed by atoms with Crippen LogP contribution in [0.2, 0.25) is 0 Å². The molecule has 0 unspecified atom stereocenters. The van der Waals surface area contributed by atoms with E-state index >= 15 is 0 Å². The van der Waals surface area contributed by atoms with Crippen molar-refractivity contribution < 1.29 is 12.8 Å². The lowest BCUT2D eigenvalue weighted by atomic mass is 9.93. The van der Waals surface area contributed by atoms with E-state index in [1.54, 1.807) is 6.07 Å². The summed E-state index contributed by atoms with van der Waals surface area (Å²) in [5, 5.41) is 8.74. The Morgan fingerprint density at radius 3 is 2.48 bits per heavy atom. The van der Waals surface area contributed by atoms with E-state index < -0.39 is 15.8 Å². The topological polar surface area (TPSA) is 96.0 Å². The second kappa shape index (κ2) is 7.18. The lowest BCUT2D eigenvalue weighted by Crippen LogP contribution is -2.40. The average molecular weight is 334 g/mol. The summed E-state index contributed by atoms with van der Waals surface area (Å²) in [6, 6.07) is 4.81. The van der Waals surface area contributed by atoms with Crippen LogP contribution in [0.1, 0.15) is 31.2 Å². The molecule has 0 bridgehead atoms. The standard InChI is InChI=1S/C13H16FN3O2S.ClH/c14-13-6-5-12(7-9(13)8-15)20(18,19)17-11-3-1-10(16)2-4-11;/h5-7,10-11,17H,1-4,16H2;1H. The van der Waals surface area contributed by atoms with Gasteiger partial charge < -0.3 is 5.73 Å². The third kappa shape index (κ3) is 4.38. The van der Waals surface area contributed by atoms with E-state index in [-0.39, 0.29) is 34.9 Å². The number of nitriles is 1. The summed E-state index contributed by atoms with van der Waals surface area (Å²) < 4.78 is 40.2. The highest BCUT2D eigenvalue weighted by Crippen LogP contribution is 2.20. The van der Waals surface area contributed by atoms with Crippen LogP contribution in [0, 0.1) is 17.1 Å². The first-order valence-electron chi connectivity index (χ1n) is 6.40. The van der Waals surface area contributed by atoms with Crippen LogP contribution in [0.5, 0.6) is 0 Å². The summed E-state index contributed by atoms with van der Waals surface area (Å²) in [4.78, 5) is -0.0923. The largest absolute Gasteiger partial charge is 0.328 e. The van der Waals surface area contributed by atoms with Crippen LogP contribution in [0.4, 0.5) is 4.39 Å². The molecule has 0 atom stereocenters. The molecule has 116 valence electrons. The molecule has 1 saturated carbocycles. The zero-order valence-electron chi connectivity index (χ0n) is 11.3. The Morgan fingerprint density at radius 1 is 1.29 bits per heavy atom. The summed E-state index contributed by atoms with van der Waals surface area (Å²) in [7, 11) is -3.74. The number of nitrogens with two attached hydrogens (primary N) is 1. The van der Waals surface area contributed by atoms with Crippen LogP contribution < -0.4 is 10.5 Å². The molecule has 0 saturated heterocycles. The molecule has 0 aromatic heterocycles. The van der Waals surface area contributed by atoms with Gasteiger partial charge in [-0.15, -0.1) is 12.4 Å². The van der Waals surface area contributed by atoms with Gasteiger partial charge >= 0.3 is 0 Å². The molecule has 1 aliphatic rings. The fourth-order valence-electron chi connectivity index (χ4n) is 2.28. The van der Waals surface area contributed by atoms with Gasteiger partial charge in [-0.2, -0.15) is 5.26 Å². The highest BCUT2D eigenvalue weighted by Gasteiger charge is 2.24. The Labute approximate surface area is 129 Å². The van der Waals surface area contributed by atoms with E-state index in [0.29, 0.717) is 12.8 Å². The predicted octanol–water partition coefficient (Wildman–Crippen LogP) is 1.67. The molecule has 1 aromatic carbocycles. The van der Waals surface area contributed by atoms with Crippen molar-refractivity contribution in [1.82, 2.24) is 4.72 Å². The normalized spacial score (nSPS) is 22.1. The van der Waals surface area contributed by atoms with Gasteiger partial charge in [0.15, 0.2) is 0 Å². The summed E-state index contributed by atoms with van der Waals surface area (Å²) in [6.45, 7) is 0. The minimum absolute atomic E-state index is 0. The molecule has 5 nitrogen and oxygen atoms in total. The van der Waals surface area contributed by atoms with Crippen molar-refractivity contribution >= 4 is 22.4 Å². The van der Waals surface area contributed by atoms with Crippen LogP contribution in [0.3, 0.4) is 0 Å². The van der Waals surface area contributed by atoms with E-state index in [1.807, 2.05) is 0 Å². The molecule has 8 heteroatoms. The number of hydrogen-bond donors (Lipinski definition) is 2. The third-order valence-corrected chi connectivity index (χ3v) is 4.98. The highest BCUT2D eigenvalue weighted by molar-refractivity contribution is 7.89. The van der Waals surface area contributed by atoms with E-state index in [9.17, 15) is 12.8 Å². The fourth-order valence-corrected chi connectivity index (χ4v) is 3.61. The molecule has 21 heavy (non-hydrogen) atoms. The van der Waals surface area contributed by atoms with Crippen molar-refractivity contribution in [2.45, 2.75) is 42.7 Å². The van der Waals surface area contributed by atoms with Crippen LogP contribution in [0.15, 0.2) is 23.1 Å². The third-order valence-electron chi connectivity index (χ3n) is 3.46. The molecule has 0 heterocycles. The monoisotopic (exact) mass is 333 g/mol. The lowest BCUT2D eigenvalue weighted by Gasteiger charge is -2.26. The molecule has 1 aliphatic carbocycles. The molecule has 0 amide bonds. The first-order valence-corrected chi connectivity index (χ1v) is 7.88. The van der Waals surface area contributed by atoms with Gasteiger partial charge in [0.05, 0.1) is 10.5 Å². The Balaban J connectivity index is 0.00000220. The number of hydrogen-bond acceptors (Lipinski definition) is 4. The molecular weight excluding hydrogens is 317 g/mol. The van der Waals surface area contributed by atoms with Crippen molar-refractivity contribution in [1.29, 1.82) is 5.26 Å². The maximum atomic E-state index is 13.2. The molecule has 3 N–H and O–H groups in total. The van der Waals surface area contributed by atoms with Gasteiger partial charge in [-0.1, -0.05) is 0 Å². The Kier molecular flexibility index (Phi) is 6.10. The quantitative estimate of drug-likeness (QED) is 0.879. The number of benzene rings is 1. The van der Waals surface area contributed by atoms with E-state index in [0.717, 1.165) is 31.0 Å². The summed E-state index contributed by atoms with van der Waals surface area (Å²) >= 11 is 0. The molecule has 1 aromatic rings. The van der Waals surface area contributed by atoms with Crippen molar-refractivity contribution in [3.05, 3.63) is 29.6 Å². The zero-order chi connectivity index (χ0) is 14.8. The molecular formula is C13H17ClFN3O2S. The van der Waals surface area contributed by atoms with Crippen molar-refractivity contribution in [3.8, 4) is 6.07 Å². The number of rotatable bonds is 3. The van der Waals surface area contributed by atoms with E-state index in [4.69, 9.17) is 11.0 Å². The van der Waals surface area contributed by atoms with Crippen LogP contribution in [-0.2, 0) is 10.0 Å². The van der Waals surface area contributed by atoms with Gasteiger partial charge in [0.25, 0.3) is 0 Å². The molecule has 2 rings (SSSR count). The molecule has 0 aliphatic heterocycles. The predicted molar refractivity (Wildman–Crippen MR) is 78.9 cm³/mol. The second-order valence-electron chi connectivity index (χ2n) is 4.99. The average Bonchev–Trinajstić information content (AvgIpc) is 2.41. The van der Waals surface area contributed by atoms with Gasteiger partial charge in [-0.05, 0) is 43.9 Å².